The fraction of sp³-hybridized carbons (Fsp3) is 0.545. The summed E-state index contributed by atoms with van der Waals surface area (Å²) in [6.45, 7) is 0.550. The van der Waals surface area contributed by atoms with Crippen molar-refractivity contribution < 1.29 is 35.9 Å². The van der Waals surface area contributed by atoms with Gasteiger partial charge in [0.1, 0.15) is 6.04 Å². The number of likely N-dealkylation sites (tertiary alicyclic amines) is 1. The number of carbonyl (C=O) groups is 2. The van der Waals surface area contributed by atoms with Crippen LogP contribution in [0.15, 0.2) is 48.5 Å². The number of hydrogen-bond donors (Lipinski definition) is 4. The summed E-state index contributed by atoms with van der Waals surface area (Å²) in [5, 5.41) is 10.4. The van der Waals surface area contributed by atoms with E-state index in [0.717, 1.165) is 18.6 Å². The van der Waals surface area contributed by atoms with Gasteiger partial charge in [-0.05, 0) is 73.3 Å². The first kappa shape index (κ1) is 35.9. The summed E-state index contributed by atoms with van der Waals surface area (Å²) in [5.74, 6) is -4.54. The third kappa shape index (κ3) is 9.77. The van der Waals surface area contributed by atoms with Gasteiger partial charge in [0, 0.05) is 37.8 Å². The van der Waals surface area contributed by atoms with Crippen LogP contribution in [-0.4, -0.2) is 66.0 Å². The standard InChI is InChI=1S/C33H42F6N6O2/c34-32(35,36)26-8-4-7-24(18-26)25(17-21-9-11-27(40)12-10-21)20-45(30(47)33(37,38)39)28(23-5-2-1-3-6-23)29(46)43-19-22-13-15-44(16-14-22)31(41)42/h4,7-12,18,22-23,25,28H,1-3,5-6,13-17,19-20,40H2,(H3,41,42)(H,43,46). The third-order valence-electron chi connectivity index (χ3n) is 9.29. The summed E-state index contributed by atoms with van der Waals surface area (Å²) in [5.41, 5.74) is 11.5. The molecule has 2 aromatic carbocycles. The molecule has 0 aromatic heterocycles. The molecule has 1 heterocycles. The summed E-state index contributed by atoms with van der Waals surface area (Å²) >= 11 is 0. The Morgan fingerprint density at radius 3 is 2.17 bits per heavy atom. The van der Waals surface area contributed by atoms with Gasteiger partial charge in [0.25, 0.3) is 0 Å². The molecule has 6 N–H and O–H groups in total. The summed E-state index contributed by atoms with van der Waals surface area (Å²) < 4.78 is 84.1. The number of piperidine rings is 1. The zero-order valence-electron chi connectivity index (χ0n) is 26.0. The molecular weight excluding hydrogens is 626 g/mol. The van der Waals surface area contributed by atoms with E-state index in [9.17, 15) is 35.9 Å². The highest BCUT2D eigenvalue weighted by Crippen LogP contribution is 2.36. The molecule has 0 spiro atoms. The van der Waals surface area contributed by atoms with Gasteiger partial charge in [-0.1, -0.05) is 49.6 Å². The number of benzene rings is 2. The Balaban J connectivity index is 1.69. The zero-order valence-corrected chi connectivity index (χ0v) is 26.0. The number of nitrogens with two attached hydrogens (primary N) is 2. The molecule has 2 aromatic rings. The topological polar surface area (TPSA) is 129 Å². The van der Waals surface area contributed by atoms with Crippen molar-refractivity contribution in [1.82, 2.24) is 15.1 Å². The van der Waals surface area contributed by atoms with E-state index in [1.54, 1.807) is 29.2 Å². The number of amides is 2. The second-order valence-corrected chi connectivity index (χ2v) is 12.6. The molecule has 2 amide bonds. The zero-order chi connectivity index (χ0) is 34.4. The van der Waals surface area contributed by atoms with Crippen molar-refractivity contribution in [3.8, 4) is 0 Å². The smallest absolute Gasteiger partial charge is 0.399 e. The van der Waals surface area contributed by atoms with Crippen molar-refractivity contribution in [2.75, 3.05) is 31.9 Å². The number of halogens is 6. The van der Waals surface area contributed by atoms with Gasteiger partial charge in [0.15, 0.2) is 5.96 Å². The van der Waals surface area contributed by atoms with E-state index in [1.165, 1.54) is 12.1 Å². The lowest BCUT2D eigenvalue weighted by molar-refractivity contribution is -0.190. The SMILES string of the molecule is N=C(N)N1CCC(CNC(=O)C(C2CCCCC2)N(CC(Cc2ccc(N)cc2)c2cccc(C(F)(F)F)c2)C(=O)C(F)(F)F)CC1. The molecule has 2 aliphatic rings. The summed E-state index contributed by atoms with van der Waals surface area (Å²) in [7, 11) is 0. The molecule has 47 heavy (non-hydrogen) atoms. The van der Waals surface area contributed by atoms with Crippen LogP contribution < -0.4 is 16.8 Å². The van der Waals surface area contributed by atoms with E-state index in [4.69, 9.17) is 16.9 Å². The molecule has 0 bridgehead atoms. The Kier molecular flexibility index (Phi) is 11.7. The third-order valence-corrected chi connectivity index (χ3v) is 9.29. The molecule has 8 nitrogen and oxygen atoms in total. The van der Waals surface area contributed by atoms with E-state index < -0.39 is 54.2 Å². The summed E-state index contributed by atoms with van der Waals surface area (Å²) in [6, 6.07) is 9.31. The van der Waals surface area contributed by atoms with Gasteiger partial charge in [-0.15, -0.1) is 0 Å². The number of rotatable bonds is 10. The maximum absolute atomic E-state index is 14.3. The van der Waals surface area contributed by atoms with Crippen LogP contribution in [0.5, 0.6) is 0 Å². The van der Waals surface area contributed by atoms with Crippen LogP contribution >= 0.6 is 0 Å². The van der Waals surface area contributed by atoms with Crippen LogP contribution in [0.4, 0.5) is 32.0 Å². The summed E-state index contributed by atoms with van der Waals surface area (Å²) in [4.78, 5) is 29.4. The van der Waals surface area contributed by atoms with E-state index in [2.05, 4.69) is 5.32 Å². The highest BCUT2D eigenvalue weighted by atomic mass is 19.4. The molecular formula is C33H42F6N6O2. The highest BCUT2D eigenvalue weighted by molar-refractivity contribution is 5.90. The fourth-order valence-corrected chi connectivity index (χ4v) is 6.71. The average molecular weight is 669 g/mol. The van der Waals surface area contributed by atoms with E-state index in [0.29, 0.717) is 67.8 Å². The number of anilines is 1. The number of alkyl halides is 6. The van der Waals surface area contributed by atoms with Crippen molar-refractivity contribution in [3.05, 3.63) is 65.2 Å². The quantitative estimate of drug-likeness (QED) is 0.112. The molecule has 0 radical (unpaired) electrons. The number of nitrogens with one attached hydrogen (secondary N) is 2. The number of nitrogens with zero attached hydrogens (tertiary/aromatic N) is 2. The number of guanidine groups is 1. The minimum absolute atomic E-state index is 0.00302. The Morgan fingerprint density at radius 1 is 0.957 bits per heavy atom. The fourth-order valence-electron chi connectivity index (χ4n) is 6.71. The Bertz CT molecular complexity index is 1370. The molecule has 258 valence electrons. The highest BCUT2D eigenvalue weighted by Gasteiger charge is 2.49. The monoisotopic (exact) mass is 668 g/mol. The Labute approximate surface area is 270 Å². The van der Waals surface area contributed by atoms with Crippen molar-refractivity contribution in [1.29, 1.82) is 5.41 Å². The van der Waals surface area contributed by atoms with Crippen molar-refractivity contribution in [3.63, 3.8) is 0 Å². The number of carbonyl (C=O) groups excluding carboxylic acids is 2. The van der Waals surface area contributed by atoms with Gasteiger partial charge in [-0.25, -0.2) is 0 Å². The van der Waals surface area contributed by atoms with Crippen molar-refractivity contribution in [2.45, 2.75) is 75.7 Å². The molecule has 2 unspecified atom stereocenters. The second kappa shape index (κ2) is 15.3. The van der Waals surface area contributed by atoms with Crippen molar-refractivity contribution >= 4 is 23.5 Å². The van der Waals surface area contributed by atoms with Gasteiger partial charge in [0.05, 0.1) is 5.56 Å². The van der Waals surface area contributed by atoms with Gasteiger partial charge in [0.2, 0.25) is 5.91 Å². The largest absolute Gasteiger partial charge is 0.471 e. The maximum atomic E-state index is 14.3. The van der Waals surface area contributed by atoms with Gasteiger partial charge in [-0.2, -0.15) is 26.3 Å². The lowest BCUT2D eigenvalue weighted by Crippen LogP contribution is -2.58. The number of nitrogen functional groups attached to an aromatic ring is 1. The minimum atomic E-state index is -5.33. The molecule has 2 atom stereocenters. The van der Waals surface area contributed by atoms with Crippen LogP contribution in [0, 0.1) is 17.2 Å². The molecule has 4 rings (SSSR count). The predicted octanol–water partition coefficient (Wildman–Crippen LogP) is 5.68. The minimum Gasteiger partial charge on any atom is -0.399 e. The van der Waals surface area contributed by atoms with Gasteiger partial charge in [-0.3, -0.25) is 15.0 Å². The van der Waals surface area contributed by atoms with Gasteiger partial charge < -0.3 is 26.6 Å². The average Bonchev–Trinajstić information content (AvgIpc) is 3.03. The van der Waals surface area contributed by atoms with E-state index >= 15 is 0 Å². The van der Waals surface area contributed by atoms with E-state index in [1.807, 2.05) is 0 Å². The lowest BCUT2D eigenvalue weighted by atomic mass is 9.81. The van der Waals surface area contributed by atoms with E-state index in [-0.39, 0.29) is 30.4 Å². The predicted molar refractivity (Wildman–Crippen MR) is 166 cm³/mol. The lowest BCUT2D eigenvalue weighted by Gasteiger charge is -2.40. The van der Waals surface area contributed by atoms with Crippen LogP contribution in [0.1, 0.15) is 67.6 Å². The van der Waals surface area contributed by atoms with Crippen molar-refractivity contribution in [2.24, 2.45) is 17.6 Å². The Morgan fingerprint density at radius 2 is 1.60 bits per heavy atom. The first-order valence-electron chi connectivity index (χ1n) is 15.9. The molecule has 1 aliphatic carbocycles. The first-order chi connectivity index (χ1) is 22.1. The van der Waals surface area contributed by atoms with Crippen LogP contribution in [0.2, 0.25) is 0 Å². The van der Waals surface area contributed by atoms with Crippen LogP contribution in [0.3, 0.4) is 0 Å². The van der Waals surface area contributed by atoms with Gasteiger partial charge >= 0.3 is 18.3 Å². The normalized spacial score (nSPS) is 18.0. The second-order valence-electron chi connectivity index (χ2n) is 12.6. The Hall–Kier alpha value is -3.97. The summed E-state index contributed by atoms with van der Waals surface area (Å²) in [6.07, 6.45) is -5.75. The van der Waals surface area contributed by atoms with Crippen LogP contribution in [0.25, 0.3) is 0 Å². The maximum Gasteiger partial charge on any atom is 0.471 e. The molecule has 1 aliphatic heterocycles. The van der Waals surface area contributed by atoms with Crippen LogP contribution in [-0.2, 0) is 22.2 Å². The number of hydrogen-bond acceptors (Lipinski definition) is 4. The molecule has 14 heteroatoms. The molecule has 1 saturated carbocycles. The molecule has 2 fully saturated rings. The first-order valence-corrected chi connectivity index (χ1v) is 15.9. The molecule has 1 saturated heterocycles.